The van der Waals surface area contributed by atoms with Gasteiger partial charge in [-0.15, -0.1) is 0 Å². The molecule has 110 valence electrons. The molecule has 2 N–H and O–H groups in total. The molecule has 19 heavy (non-hydrogen) atoms. The summed E-state index contributed by atoms with van der Waals surface area (Å²) >= 11 is 0. The Hall–Kier alpha value is -1.30. The van der Waals surface area contributed by atoms with Crippen LogP contribution in [0.15, 0.2) is 0 Å². The highest BCUT2D eigenvalue weighted by molar-refractivity contribution is 5.85. The average Bonchev–Trinajstić information content (AvgIpc) is 2.81. The first-order chi connectivity index (χ1) is 8.89. The van der Waals surface area contributed by atoms with Crippen LogP contribution in [0.25, 0.3) is 0 Å². The van der Waals surface area contributed by atoms with E-state index in [1.165, 1.54) is 11.8 Å². The van der Waals surface area contributed by atoms with E-state index in [9.17, 15) is 14.7 Å². The standard InChI is InChI=1S/C13H24N2O4/c1-4-7-13(2,11(16)17)14-12(18)15(3)9-10-6-5-8-19-10/h10H,4-9H2,1-3H3,(H,14,18)(H,16,17). The maximum absolute atomic E-state index is 12.0. The highest BCUT2D eigenvalue weighted by atomic mass is 16.5. The number of urea groups is 1. The van der Waals surface area contributed by atoms with Crippen molar-refractivity contribution >= 4 is 12.0 Å². The minimum absolute atomic E-state index is 0.0676. The van der Waals surface area contributed by atoms with Crippen LogP contribution in [-0.2, 0) is 9.53 Å². The molecule has 0 aromatic heterocycles. The lowest BCUT2D eigenvalue weighted by atomic mass is 9.96. The maximum Gasteiger partial charge on any atom is 0.329 e. The summed E-state index contributed by atoms with van der Waals surface area (Å²) in [6.45, 7) is 4.66. The fourth-order valence-electron chi connectivity index (χ4n) is 2.23. The monoisotopic (exact) mass is 272 g/mol. The molecule has 0 bridgehead atoms. The average molecular weight is 272 g/mol. The number of carbonyl (C=O) groups is 2. The van der Waals surface area contributed by atoms with Crippen LogP contribution < -0.4 is 5.32 Å². The van der Waals surface area contributed by atoms with Crippen molar-refractivity contribution in [2.24, 2.45) is 0 Å². The van der Waals surface area contributed by atoms with E-state index < -0.39 is 11.5 Å². The summed E-state index contributed by atoms with van der Waals surface area (Å²) in [4.78, 5) is 24.8. The van der Waals surface area contributed by atoms with Gasteiger partial charge >= 0.3 is 12.0 Å². The van der Waals surface area contributed by atoms with Crippen LogP contribution in [0.1, 0.15) is 39.5 Å². The van der Waals surface area contributed by atoms with Gasteiger partial charge in [-0.2, -0.15) is 0 Å². The van der Waals surface area contributed by atoms with Gasteiger partial charge in [-0.25, -0.2) is 9.59 Å². The first-order valence-electron chi connectivity index (χ1n) is 6.77. The highest BCUT2D eigenvalue weighted by Crippen LogP contribution is 2.15. The molecule has 1 fully saturated rings. The molecule has 1 rings (SSSR count). The van der Waals surface area contributed by atoms with Crippen LogP contribution in [-0.4, -0.2) is 53.8 Å². The molecule has 0 aliphatic carbocycles. The van der Waals surface area contributed by atoms with Gasteiger partial charge in [0.05, 0.1) is 6.10 Å². The van der Waals surface area contributed by atoms with E-state index >= 15 is 0 Å². The maximum atomic E-state index is 12.0. The molecule has 0 spiro atoms. The molecular weight excluding hydrogens is 248 g/mol. The molecule has 0 aromatic rings. The van der Waals surface area contributed by atoms with Crippen LogP contribution >= 0.6 is 0 Å². The predicted molar refractivity (Wildman–Crippen MR) is 71.1 cm³/mol. The lowest BCUT2D eigenvalue weighted by molar-refractivity contribution is -0.144. The predicted octanol–water partition coefficient (Wildman–Crippen LogP) is 1.45. The normalized spacial score (nSPS) is 21.7. The largest absolute Gasteiger partial charge is 0.480 e. The van der Waals surface area contributed by atoms with E-state index in [-0.39, 0.29) is 12.1 Å². The number of hydrogen-bond donors (Lipinski definition) is 2. The van der Waals surface area contributed by atoms with Crippen molar-refractivity contribution < 1.29 is 19.4 Å². The van der Waals surface area contributed by atoms with Crippen molar-refractivity contribution in [1.82, 2.24) is 10.2 Å². The second kappa shape index (κ2) is 6.75. The van der Waals surface area contributed by atoms with Gasteiger partial charge in [0.25, 0.3) is 0 Å². The van der Waals surface area contributed by atoms with Gasteiger partial charge in [0.1, 0.15) is 5.54 Å². The van der Waals surface area contributed by atoms with Crippen molar-refractivity contribution in [2.45, 2.75) is 51.2 Å². The summed E-state index contributed by atoms with van der Waals surface area (Å²) in [6, 6.07) is -0.367. The van der Waals surface area contributed by atoms with Crippen molar-refractivity contribution in [3.63, 3.8) is 0 Å². The number of ether oxygens (including phenoxy) is 1. The summed E-state index contributed by atoms with van der Waals surface area (Å²) in [5.74, 6) is -1.01. The first kappa shape index (κ1) is 15.8. The van der Waals surface area contributed by atoms with E-state index in [1.807, 2.05) is 6.92 Å². The third-order valence-corrected chi connectivity index (χ3v) is 3.45. The number of nitrogens with zero attached hydrogens (tertiary/aromatic N) is 1. The minimum Gasteiger partial charge on any atom is -0.480 e. The van der Waals surface area contributed by atoms with E-state index in [0.717, 1.165) is 19.4 Å². The van der Waals surface area contributed by atoms with Crippen molar-refractivity contribution in [2.75, 3.05) is 20.2 Å². The Labute approximate surface area is 114 Å². The lowest BCUT2D eigenvalue weighted by Crippen LogP contribution is -2.56. The number of carbonyl (C=O) groups excluding carboxylic acids is 1. The molecule has 0 radical (unpaired) electrons. The molecule has 1 aliphatic heterocycles. The zero-order valence-corrected chi connectivity index (χ0v) is 11.9. The molecule has 2 atom stereocenters. The number of likely N-dealkylation sites (N-methyl/N-ethyl adjacent to an activating group) is 1. The fourth-order valence-corrected chi connectivity index (χ4v) is 2.23. The number of amides is 2. The van der Waals surface area contributed by atoms with Crippen molar-refractivity contribution in [1.29, 1.82) is 0 Å². The molecule has 2 amide bonds. The Kier molecular flexibility index (Phi) is 5.60. The quantitative estimate of drug-likeness (QED) is 0.767. The van der Waals surface area contributed by atoms with Gasteiger partial charge < -0.3 is 20.1 Å². The zero-order chi connectivity index (χ0) is 14.5. The molecule has 0 aromatic carbocycles. The van der Waals surface area contributed by atoms with Gasteiger partial charge in [-0.1, -0.05) is 13.3 Å². The molecule has 2 unspecified atom stereocenters. The number of hydrogen-bond acceptors (Lipinski definition) is 3. The van der Waals surface area contributed by atoms with Gasteiger partial charge in [0.2, 0.25) is 0 Å². The lowest BCUT2D eigenvalue weighted by Gasteiger charge is -2.29. The molecule has 6 heteroatoms. The van der Waals surface area contributed by atoms with E-state index in [2.05, 4.69) is 5.32 Å². The highest BCUT2D eigenvalue weighted by Gasteiger charge is 2.35. The summed E-state index contributed by atoms with van der Waals surface area (Å²) in [5, 5.41) is 11.8. The summed E-state index contributed by atoms with van der Waals surface area (Å²) < 4.78 is 5.46. The summed E-state index contributed by atoms with van der Waals surface area (Å²) in [5.41, 5.74) is -1.21. The smallest absolute Gasteiger partial charge is 0.329 e. The topological polar surface area (TPSA) is 78.9 Å². The fraction of sp³-hybridized carbons (Fsp3) is 0.846. The van der Waals surface area contributed by atoms with Crippen molar-refractivity contribution in [3.8, 4) is 0 Å². The van der Waals surface area contributed by atoms with Gasteiger partial charge in [0, 0.05) is 20.2 Å². The molecular formula is C13H24N2O4. The SMILES string of the molecule is CCCC(C)(NC(=O)N(C)CC1CCCO1)C(=O)O. The van der Waals surface area contributed by atoms with Gasteiger partial charge in [0.15, 0.2) is 0 Å². The van der Waals surface area contributed by atoms with Crippen LogP contribution in [0.5, 0.6) is 0 Å². The van der Waals surface area contributed by atoms with Gasteiger partial charge in [-0.3, -0.25) is 0 Å². The number of nitrogens with one attached hydrogen (secondary N) is 1. The third kappa shape index (κ3) is 4.38. The van der Waals surface area contributed by atoms with E-state index in [4.69, 9.17) is 4.74 Å². The molecule has 1 aliphatic rings. The molecule has 1 heterocycles. The second-order valence-corrected chi connectivity index (χ2v) is 5.33. The zero-order valence-electron chi connectivity index (χ0n) is 11.9. The number of carboxylic acids is 1. The van der Waals surface area contributed by atoms with E-state index in [0.29, 0.717) is 19.4 Å². The van der Waals surface area contributed by atoms with Crippen LogP contribution in [0.2, 0.25) is 0 Å². The molecule has 6 nitrogen and oxygen atoms in total. The molecule has 0 saturated carbocycles. The summed E-state index contributed by atoms with van der Waals surface area (Å²) in [6.07, 6.45) is 3.13. The van der Waals surface area contributed by atoms with E-state index in [1.54, 1.807) is 7.05 Å². The Balaban J connectivity index is 2.53. The number of rotatable bonds is 6. The third-order valence-electron chi connectivity index (χ3n) is 3.45. The Morgan fingerprint density at radius 1 is 1.53 bits per heavy atom. The second-order valence-electron chi connectivity index (χ2n) is 5.33. The van der Waals surface area contributed by atoms with Crippen LogP contribution in [0, 0.1) is 0 Å². The number of carboxylic acid groups (broad SMARTS) is 1. The van der Waals surface area contributed by atoms with Crippen molar-refractivity contribution in [3.05, 3.63) is 0 Å². The Morgan fingerprint density at radius 3 is 2.68 bits per heavy atom. The van der Waals surface area contributed by atoms with Crippen LogP contribution in [0.3, 0.4) is 0 Å². The Morgan fingerprint density at radius 2 is 2.21 bits per heavy atom. The van der Waals surface area contributed by atoms with Gasteiger partial charge in [-0.05, 0) is 26.2 Å². The van der Waals surface area contributed by atoms with Crippen LogP contribution in [0.4, 0.5) is 4.79 Å². The first-order valence-corrected chi connectivity index (χ1v) is 6.77. The number of aliphatic carboxylic acids is 1. The molecule has 1 saturated heterocycles. The summed E-state index contributed by atoms with van der Waals surface area (Å²) in [7, 11) is 1.66. The minimum atomic E-state index is -1.21. The Bertz CT molecular complexity index is 329.